The molecule has 1 aliphatic heterocycles. The first-order valence-electron chi connectivity index (χ1n) is 4.96. The lowest BCUT2D eigenvalue weighted by Crippen LogP contribution is -2.34. The molecule has 2 atom stereocenters. The van der Waals surface area contributed by atoms with E-state index < -0.39 is 0 Å². The van der Waals surface area contributed by atoms with Crippen molar-refractivity contribution in [1.29, 1.82) is 0 Å². The lowest BCUT2D eigenvalue weighted by atomic mass is 10.1. The van der Waals surface area contributed by atoms with Crippen molar-refractivity contribution in [3.8, 4) is 0 Å². The third-order valence-electron chi connectivity index (χ3n) is 3.32. The first-order valence-corrected chi connectivity index (χ1v) is 5.88. The maximum atomic E-state index is 11.9. The van der Waals surface area contributed by atoms with Crippen molar-refractivity contribution >= 4 is 21.8 Å². The van der Waals surface area contributed by atoms with Crippen LogP contribution in [0.2, 0.25) is 0 Å². The lowest BCUT2D eigenvalue weighted by molar-refractivity contribution is -0.135. The van der Waals surface area contributed by atoms with E-state index in [1.54, 1.807) is 0 Å². The number of rotatable bonds is 1. The Morgan fingerprint density at radius 2 is 2.08 bits per heavy atom. The number of carbonyl (C=O) groups is 1. The average molecular weight is 246 g/mol. The molecule has 1 heterocycles. The Labute approximate surface area is 87.8 Å². The number of halogens is 1. The minimum absolute atomic E-state index is 0.0107. The van der Waals surface area contributed by atoms with Gasteiger partial charge in [0.15, 0.2) is 0 Å². The molecular weight excluding hydrogens is 230 g/mol. The number of hydrogen-bond acceptors (Lipinski definition) is 1. The van der Waals surface area contributed by atoms with Gasteiger partial charge in [0.05, 0.1) is 0 Å². The van der Waals surface area contributed by atoms with E-state index in [1.807, 2.05) is 4.90 Å². The zero-order chi connectivity index (χ0) is 9.64. The summed E-state index contributed by atoms with van der Waals surface area (Å²) in [6.07, 6.45) is 2.17. The minimum Gasteiger partial charge on any atom is -0.341 e. The van der Waals surface area contributed by atoms with E-state index in [0.29, 0.717) is 16.7 Å². The summed E-state index contributed by atoms with van der Waals surface area (Å²) in [5.41, 5.74) is 0.0107. The largest absolute Gasteiger partial charge is 0.341 e. The van der Waals surface area contributed by atoms with Crippen molar-refractivity contribution in [2.45, 2.75) is 31.5 Å². The average Bonchev–Trinajstić information content (AvgIpc) is 2.74. The van der Waals surface area contributed by atoms with Crippen LogP contribution in [-0.2, 0) is 4.79 Å². The maximum absolute atomic E-state index is 11.9. The number of carbonyl (C=O) groups excluding carboxylic acids is 1. The molecule has 74 valence electrons. The normalized spacial score (nSPS) is 36.4. The van der Waals surface area contributed by atoms with E-state index in [9.17, 15) is 4.79 Å². The first kappa shape index (κ1) is 9.50. The van der Waals surface area contributed by atoms with Crippen molar-refractivity contribution in [3.05, 3.63) is 0 Å². The molecule has 2 rings (SSSR count). The minimum atomic E-state index is 0.0107. The molecule has 3 heteroatoms. The van der Waals surface area contributed by atoms with Gasteiger partial charge in [-0.1, -0.05) is 29.8 Å². The van der Waals surface area contributed by atoms with E-state index >= 15 is 0 Å². The van der Waals surface area contributed by atoms with Crippen molar-refractivity contribution in [2.75, 3.05) is 13.1 Å². The molecule has 13 heavy (non-hydrogen) atoms. The second kappa shape index (κ2) is 2.97. The van der Waals surface area contributed by atoms with E-state index in [1.165, 1.54) is 0 Å². The van der Waals surface area contributed by atoms with Gasteiger partial charge in [-0.05, 0) is 18.8 Å². The highest BCUT2D eigenvalue weighted by Crippen LogP contribution is 2.47. The van der Waals surface area contributed by atoms with Gasteiger partial charge in [-0.2, -0.15) is 0 Å². The molecule has 0 spiro atoms. The summed E-state index contributed by atoms with van der Waals surface area (Å²) in [5, 5.41) is 0. The van der Waals surface area contributed by atoms with Crippen LogP contribution in [0.3, 0.4) is 0 Å². The van der Waals surface area contributed by atoms with E-state index in [-0.39, 0.29) is 5.41 Å². The van der Waals surface area contributed by atoms with Gasteiger partial charge in [0.1, 0.15) is 0 Å². The second-order valence-electron chi connectivity index (χ2n) is 4.76. The summed E-state index contributed by atoms with van der Waals surface area (Å²) in [4.78, 5) is 14.4. The van der Waals surface area contributed by atoms with Crippen LogP contribution >= 0.6 is 15.9 Å². The summed E-state index contributed by atoms with van der Waals surface area (Å²) in [6, 6.07) is 0. The van der Waals surface area contributed by atoms with Gasteiger partial charge in [0, 0.05) is 23.3 Å². The standard InChI is InChI=1S/C10H16BrNO/c1-7-5-12(6-8(7)11)9(13)10(2)3-4-10/h7-8H,3-6H2,1-2H3. The molecule has 2 nitrogen and oxygen atoms in total. The first-order chi connectivity index (χ1) is 6.03. The smallest absolute Gasteiger partial charge is 0.228 e. The zero-order valence-corrected chi connectivity index (χ0v) is 9.80. The van der Waals surface area contributed by atoms with Crippen molar-refractivity contribution in [3.63, 3.8) is 0 Å². The van der Waals surface area contributed by atoms with Crippen LogP contribution in [0, 0.1) is 11.3 Å². The fourth-order valence-corrected chi connectivity index (χ4v) is 2.39. The Kier molecular flexibility index (Phi) is 2.17. The highest BCUT2D eigenvalue weighted by atomic mass is 79.9. The van der Waals surface area contributed by atoms with Crippen LogP contribution in [0.5, 0.6) is 0 Å². The predicted octanol–water partition coefficient (Wildman–Crippen LogP) is 2.03. The summed E-state index contributed by atoms with van der Waals surface area (Å²) >= 11 is 3.61. The quantitative estimate of drug-likeness (QED) is 0.648. The van der Waals surface area contributed by atoms with Gasteiger partial charge < -0.3 is 4.90 Å². The third-order valence-corrected chi connectivity index (χ3v) is 4.52. The molecule has 2 unspecified atom stereocenters. The molecule has 2 fully saturated rings. The van der Waals surface area contributed by atoms with Crippen LogP contribution in [0.15, 0.2) is 0 Å². The van der Waals surface area contributed by atoms with Gasteiger partial charge in [-0.15, -0.1) is 0 Å². The fraction of sp³-hybridized carbons (Fsp3) is 0.900. The Morgan fingerprint density at radius 1 is 1.46 bits per heavy atom. The monoisotopic (exact) mass is 245 g/mol. The van der Waals surface area contributed by atoms with E-state index in [0.717, 1.165) is 25.9 Å². The number of nitrogens with zero attached hydrogens (tertiary/aromatic N) is 1. The molecule has 0 aromatic carbocycles. The summed E-state index contributed by atoms with van der Waals surface area (Å²) in [6.45, 7) is 6.11. The van der Waals surface area contributed by atoms with Crippen LogP contribution in [0.4, 0.5) is 0 Å². The SMILES string of the molecule is CC1CN(C(=O)C2(C)CC2)CC1Br. The highest BCUT2D eigenvalue weighted by molar-refractivity contribution is 9.09. The van der Waals surface area contributed by atoms with Crippen LogP contribution in [0.25, 0.3) is 0 Å². The molecule has 0 radical (unpaired) electrons. The van der Waals surface area contributed by atoms with E-state index in [2.05, 4.69) is 29.8 Å². The molecule has 2 aliphatic rings. The third kappa shape index (κ3) is 1.63. The van der Waals surface area contributed by atoms with Crippen LogP contribution in [-0.4, -0.2) is 28.7 Å². The molecule has 1 saturated carbocycles. The van der Waals surface area contributed by atoms with Gasteiger partial charge in [-0.3, -0.25) is 4.79 Å². The summed E-state index contributed by atoms with van der Waals surface area (Å²) < 4.78 is 0. The Morgan fingerprint density at radius 3 is 2.46 bits per heavy atom. The molecular formula is C10H16BrNO. The number of alkyl halides is 1. The molecule has 0 N–H and O–H groups in total. The van der Waals surface area contributed by atoms with Crippen LogP contribution < -0.4 is 0 Å². The molecule has 0 aromatic heterocycles. The van der Waals surface area contributed by atoms with Crippen molar-refractivity contribution in [2.24, 2.45) is 11.3 Å². The lowest BCUT2D eigenvalue weighted by Gasteiger charge is -2.19. The Hall–Kier alpha value is -0.0500. The molecule has 0 bridgehead atoms. The summed E-state index contributed by atoms with van der Waals surface area (Å²) in [7, 11) is 0. The van der Waals surface area contributed by atoms with Gasteiger partial charge in [0.25, 0.3) is 0 Å². The van der Waals surface area contributed by atoms with Gasteiger partial charge >= 0.3 is 0 Å². The second-order valence-corrected chi connectivity index (χ2v) is 5.94. The number of amides is 1. The maximum Gasteiger partial charge on any atom is 0.228 e. The Balaban J connectivity index is 1.99. The topological polar surface area (TPSA) is 20.3 Å². The molecule has 1 saturated heterocycles. The molecule has 0 aromatic rings. The fourth-order valence-electron chi connectivity index (χ4n) is 1.88. The molecule has 1 aliphatic carbocycles. The van der Waals surface area contributed by atoms with Gasteiger partial charge in [0.2, 0.25) is 5.91 Å². The van der Waals surface area contributed by atoms with E-state index in [4.69, 9.17) is 0 Å². The summed E-state index contributed by atoms with van der Waals surface area (Å²) in [5.74, 6) is 0.979. The highest BCUT2D eigenvalue weighted by Gasteiger charge is 2.48. The van der Waals surface area contributed by atoms with Crippen molar-refractivity contribution < 1.29 is 4.79 Å². The predicted molar refractivity (Wildman–Crippen MR) is 55.8 cm³/mol. The van der Waals surface area contributed by atoms with Crippen molar-refractivity contribution in [1.82, 2.24) is 4.90 Å². The molecule has 1 amide bonds. The zero-order valence-electron chi connectivity index (χ0n) is 8.22. The number of likely N-dealkylation sites (tertiary alicyclic amines) is 1. The number of hydrogen-bond donors (Lipinski definition) is 0. The van der Waals surface area contributed by atoms with Crippen LogP contribution in [0.1, 0.15) is 26.7 Å². The van der Waals surface area contributed by atoms with Gasteiger partial charge in [-0.25, -0.2) is 0 Å². The Bertz CT molecular complexity index is 227.